The van der Waals surface area contributed by atoms with E-state index in [0.29, 0.717) is 5.92 Å². The van der Waals surface area contributed by atoms with Crippen molar-refractivity contribution in [2.24, 2.45) is 5.92 Å². The Hall–Kier alpha value is -9.12. The molecule has 14 rings (SSSR count). The molecule has 0 bridgehead atoms. The van der Waals surface area contributed by atoms with Crippen molar-refractivity contribution in [2.45, 2.75) is 98.8 Å². The second-order valence-electron chi connectivity index (χ2n) is 24.6. The fourth-order valence-corrected chi connectivity index (χ4v) is 14.0. The van der Waals surface area contributed by atoms with Crippen LogP contribution in [0.1, 0.15) is 112 Å². The van der Waals surface area contributed by atoms with E-state index in [0.717, 1.165) is 79.1 Å². The summed E-state index contributed by atoms with van der Waals surface area (Å²) in [4.78, 5) is 10.1. The molecule has 0 amide bonds. The molecule has 4 heteroatoms. The molecule has 6 aliphatic rings. The van der Waals surface area contributed by atoms with Crippen LogP contribution in [0.3, 0.4) is 0 Å². The molecule has 0 N–H and O–H groups in total. The largest absolute Gasteiger partial charge is 0.315 e. The molecule has 4 nitrogen and oxygen atoms in total. The number of rotatable bonds is 12. The van der Waals surface area contributed by atoms with Crippen LogP contribution in [0.15, 0.2) is 270 Å². The van der Waals surface area contributed by atoms with Gasteiger partial charge in [-0.2, -0.15) is 0 Å². The number of hydrogen-bond donors (Lipinski definition) is 0. The van der Waals surface area contributed by atoms with Crippen LogP contribution in [0.5, 0.6) is 0 Å². The minimum Gasteiger partial charge on any atom is -0.315 e. The molecule has 1 spiro atoms. The van der Waals surface area contributed by atoms with Crippen molar-refractivity contribution in [2.75, 3.05) is 19.6 Å². The van der Waals surface area contributed by atoms with E-state index in [1.165, 1.54) is 112 Å². The first-order valence-corrected chi connectivity index (χ1v) is 30.5. The highest BCUT2D eigenvalue weighted by atomic mass is 15.2. The lowest BCUT2D eigenvalue weighted by atomic mass is 9.70. The molecular formula is C80H74N4. The summed E-state index contributed by atoms with van der Waals surface area (Å²) >= 11 is 0. The van der Waals surface area contributed by atoms with Gasteiger partial charge in [0, 0.05) is 68.3 Å². The van der Waals surface area contributed by atoms with Crippen LogP contribution >= 0.6 is 0 Å². The minimum absolute atomic E-state index is 0.425. The third kappa shape index (κ3) is 9.33. The fourth-order valence-electron chi connectivity index (χ4n) is 14.0. The maximum atomic E-state index is 2.60. The van der Waals surface area contributed by atoms with E-state index < -0.39 is 5.41 Å². The summed E-state index contributed by atoms with van der Waals surface area (Å²) in [5, 5.41) is 0. The van der Waals surface area contributed by atoms with Crippen molar-refractivity contribution >= 4 is 45.5 Å². The first-order chi connectivity index (χ1) is 41.0. The van der Waals surface area contributed by atoms with Crippen molar-refractivity contribution in [3.8, 4) is 22.3 Å². The van der Waals surface area contributed by atoms with Gasteiger partial charge in [-0.1, -0.05) is 150 Å². The summed E-state index contributed by atoms with van der Waals surface area (Å²) in [6.07, 6.45) is 28.3. The molecule has 2 atom stereocenters. The standard InChI is InChI=1S/C80H74N4/c1-53-16-28-61(29-17-53)81(60-13-9-8-10-14-60)68-40-44-72-75-47-43-71(84(66-38-26-58(6)27-39-66)67-15-11-12-59(7)48-67)52-79(75)80(76(72)49-68)77-50-69(82(62-30-18-54(2)19-31-62)63-32-20-55(3)21-33-63)41-45-73(77)74-46-42-70(51-78(74)80)83(64-34-22-56(4)23-35-64)65-36-24-57(5)25-37-65/h8-11,13-16,18-24,26,28,30-36,38,40-52,59H,12,17,25,27,29,37,39H2,1-7H3. The number of fused-ring (bicyclic) bond motifs is 10. The summed E-state index contributed by atoms with van der Waals surface area (Å²) in [5.41, 5.74) is 31.8. The van der Waals surface area contributed by atoms with Crippen LogP contribution in [0, 0.1) is 26.7 Å². The third-order valence-electron chi connectivity index (χ3n) is 18.5. The van der Waals surface area contributed by atoms with Gasteiger partial charge in [0.2, 0.25) is 0 Å². The summed E-state index contributed by atoms with van der Waals surface area (Å²) < 4.78 is 0. The maximum absolute atomic E-state index is 2.60. The lowest BCUT2D eigenvalue weighted by Crippen LogP contribution is -2.28. The molecular weight excluding hydrogens is 1020 g/mol. The van der Waals surface area contributed by atoms with Gasteiger partial charge in [0.15, 0.2) is 0 Å². The zero-order valence-electron chi connectivity index (χ0n) is 49.8. The van der Waals surface area contributed by atoms with E-state index in [1.807, 2.05) is 0 Å². The number of benzene rings is 8. The van der Waals surface area contributed by atoms with E-state index in [1.54, 1.807) is 0 Å². The van der Waals surface area contributed by atoms with Gasteiger partial charge in [0.1, 0.15) is 0 Å². The molecule has 0 saturated heterocycles. The van der Waals surface area contributed by atoms with Gasteiger partial charge in [-0.25, -0.2) is 0 Å². The number of hydrogen-bond acceptors (Lipinski definition) is 4. The Morgan fingerprint density at radius 1 is 0.333 bits per heavy atom. The smallest absolute Gasteiger partial charge is 0.0728 e. The first-order valence-electron chi connectivity index (χ1n) is 30.5. The van der Waals surface area contributed by atoms with Crippen LogP contribution in [-0.4, -0.2) is 0 Å². The van der Waals surface area contributed by atoms with Crippen LogP contribution in [0.2, 0.25) is 0 Å². The van der Waals surface area contributed by atoms with Crippen LogP contribution in [0.4, 0.5) is 45.5 Å². The molecule has 84 heavy (non-hydrogen) atoms. The van der Waals surface area contributed by atoms with Gasteiger partial charge in [-0.15, -0.1) is 0 Å². The zero-order chi connectivity index (χ0) is 57.2. The van der Waals surface area contributed by atoms with E-state index in [9.17, 15) is 0 Å². The van der Waals surface area contributed by atoms with E-state index >= 15 is 0 Å². The molecule has 6 aliphatic carbocycles. The molecule has 0 radical (unpaired) electrons. The molecule has 0 aromatic heterocycles. The minimum atomic E-state index is -0.775. The van der Waals surface area contributed by atoms with Crippen molar-refractivity contribution in [3.63, 3.8) is 0 Å². The highest BCUT2D eigenvalue weighted by Crippen LogP contribution is 2.65. The van der Waals surface area contributed by atoms with Crippen LogP contribution < -0.4 is 19.6 Å². The van der Waals surface area contributed by atoms with Crippen molar-refractivity contribution in [1.29, 1.82) is 0 Å². The molecule has 0 aliphatic heterocycles. The summed E-state index contributed by atoms with van der Waals surface area (Å²) in [6, 6.07) is 68.0. The monoisotopic (exact) mass is 1090 g/mol. The van der Waals surface area contributed by atoms with Crippen LogP contribution in [-0.2, 0) is 5.41 Å². The Balaban J connectivity index is 1.09. The predicted octanol–water partition coefficient (Wildman–Crippen LogP) is 21.9. The van der Waals surface area contributed by atoms with Gasteiger partial charge < -0.3 is 19.6 Å². The Bertz CT molecular complexity index is 4130. The molecule has 0 fully saturated rings. The van der Waals surface area contributed by atoms with Gasteiger partial charge in [0.25, 0.3) is 0 Å². The number of para-hydroxylation sites is 1. The quantitative estimate of drug-likeness (QED) is 0.121. The average molecular weight is 1090 g/mol. The van der Waals surface area contributed by atoms with Gasteiger partial charge in [-0.05, 0) is 258 Å². The van der Waals surface area contributed by atoms with Crippen LogP contribution in [0.25, 0.3) is 22.3 Å². The first kappa shape index (κ1) is 52.9. The van der Waals surface area contributed by atoms with E-state index in [4.69, 9.17) is 0 Å². The normalized spacial score (nSPS) is 18.2. The zero-order valence-corrected chi connectivity index (χ0v) is 49.8. The second-order valence-corrected chi connectivity index (χ2v) is 24.6. The Morgan fingerprint density at radius 3 is 1.04 bits per heavy atom. The van der Waals surface area contributed by atoms with Crippen molar-refractivity contribution in [3.05, 3.63) is 309 Å². The lowest BCUT2D eigenvalue weighted by molar-refractivity contribution is 0.721. The second kappa shape index (κ2) is 21.6. The Kier molecular flexibility index (Phi) is 13.6. The molecule has 0 saturated carbocycles. The topological polar surface area (TPSA) is 13.0 Å². The van der Waals surface area contributed by atoms with Gasteiger partial charge in [-0.3, -0.25) is 0 Å². The Labute approximate surface area is 498 Å². The van der Waals surface area contributed by atoms with Gasteiger partial charge in [0.05, 0.1) is 5.41 Å². The summed E-state index contributed by atoms with van der Waals surface area (Å²) in [6.45, 7) is 15.7. The molecule has 8 aromatic rings. The highest BCUT2D eigenvalue weighted by Gasteiger charge is 2.53. The molecule has 8 aromatic carbocycles. The SMILES string of the molecule is CC1=CC=C(N(C2=CC(C)CC=C2)c2ccc3c(c2)C2(c4cc(N(C5=CC=C(C)CC5)c5ccccc5)ccc4-3)c3cc(N(C4=CC=C(C)CC4)c4ccc(C)cc4)ccc3-c3ccc(N(c4ccc(C)cc4)c4ccc(C)cc4)cc32)CC1. The lowest BCUT2D eigenvalue weighted by Gasteiger charge is -2.36. The number of nitrogens with zero attached hydrogens (tertiary/aromatic N) is 4. The molecule has 0 heterocycles. The maximum Gasteiger partial charge on any atom is 0.0728 e. The Morgan fingerprint density at radius 2 is 0.667 bits per heavy atom. The van der Waals surface area contributed by atoms with E-state index in [-0.39, 0.29) is 0 Å². The summed E-state index contributed by atoms with van der Waals surface area (Å²) in [5.74, 6) is 0.425. The fraction of sp³-hybridized carbons (Fsp3) is 0.200. The predicted molar refractivity (Wildman–Crippen MR) is 356 cm³/mol. The number of allylic oxidation sites excluding steroid dienone is 15. The highest BCUT2D eigenvalue weighted by molar-refractivity contribution is 5.99. The van der Waals surface area contributed by atoms with Crippen molar-refractivity contribution < 1.29 is 0 Å². The molecule has 414 valence electrons. The third-order valence-corrected chi connectivity index (χ3v) is 18.5. The number of aryl methyl sites for hydroxylation is 3. The summed E-state index contributed by atoms with van der Waals surface area (Å²) in [7, 11) is 0. The van der Waals surface area contributed by atoms with Gasteiger partial charge >= 0.3 is 0 Å². The average Bonchev–Trinajstić information content (AvgIpc) is 1.53. The number of anilines is 8. The molecule has 2 unspecified atom stereocenters. The van der Waals surface area contributed by atoms with E-state index in [2.05, 4.69) is 299 Å². The van der Waals surface area contributed by atoms with Crippen molar-refractivity contribution in [1.82, 2.24) is 0 Å².